The third-order valence-electron chi connectivity index (χ3n) is 4.29. The van der Waals surface area contributed by atoms with Gasteiger partial charge in [0.2, 0.25) is 5.91 Å². The Balaban J connectivity index is 2.07. The maximum atomic E-state index is 12.9. The quantitative estimate of drug-likeness (QED) is 0.588. The molecule has 0 aromatic heterocycles. The van der Waals surface area contributed by atoms with Gasteiger partial charge in [0, 0.05) is 13.1 Å². The lowest BCUT2D eigenvalue weighted by atomic mass is 10.1. The molecule has 1 amide bonds. The van der Waals surface area contributed by atoms with Gasteiger partial charge < -0.3 is 19.1 Å². The van der Waals surface area contributed by atoms with Crippen LogP contribution in [-0.4, -0.2) is 44.1 Å². The monoisotopic (exact) mass is 385 g/mol. The standard InChI is InChI=1S/C22H27NO5/c1-4-28-22(25)13-14-23(16-18-7-11-20(27-3)12-8-18)21(24)15-17-5-9-19(26-2)10-6-17/h5-12H,4,13-16H2,1-3H3. The van der Waals surface area contributed by atoms with E-state index in [0.29, 0.717) is 19.7 Å². The molecule has 0 saturated carbocycles. The number of methoxy groups -OCH3 is 2. The summed E-state index contributed by atoms with van der Waals surface area (Å²) in [7, 11) is 3.21. The molecule has 28 heavy (non-hydrogen) atoms. The molecule has 2 aromatic rings. The molecule has 0 spiro atoms. The lowest BCUT2D eigenvalue weighted by molar-refractivity contribution is -0.144. The molecular weight excluding hydrogens is 358 g/mol. The molecule has 0 N–H and O–H groups in total. The fourth-order valence-electron chi connectivity index (χ4n) is 2.73. The number of carbonyl (C=O) groups is 2. The molecule has 0 radical (unpaired) electrons. The fourth-order valence-corrected chi connectivity index (χ4v) is 2.73. The number of hydrogen-bond acceptors (Lipinski definition) is 5. The van der Waals surface area contributed by atoms with Crippen LogP contribution in [0.15, 0.2) is 48.5 Å². The van der Waals surface area contributed by atoms with E-state index in [1.165, 1.54) is 0 Å². The highest BCUT2D eigenvalue weighted by Gasteiger charge is 2.17. The molecule has 0 heterocycles. The van der Waals surface area contributed by atoms with Crippen LogP contribution < -0.4 is 9.47 Å². The fraction of sp³-hybridized carbons (Fsp3) is 0.364. The minimum Gasteiger partial charge on any atom is -0.497 e. The number of rotatable bonds is 10. The number of benzene rings is 2. The third kappa shape index (κ3) is 6.61. The topological polar surface area (TPSA) is 65.1 Å². The van der Waals surface area contributed by atoms with Gasteiger partial charge in [-0.3, -0.25) is 9.59 Å². The summed E-state index contributed by atoms with van der Waals surface area (Å²) < 4.78 is 15.3. The van der Waals surface area contributed by atoms with E-state index in [1.807, 2.05) is 48.5 Å². The summed E-state index contributed by atoms with van der Waals surface area (Å²) in [4.78, 5) is 26.3. The summed E-state index contributed by atoms with van der Waals surface area (Å²) in [6, 6.07) is 14.9. The summed E-state index contributed by atoms with van der Waals surface area (Å²) in [5.41, 5.74) is 1.86. The highest BCUT2D eigenvalue weighted by atomic mass is 16.5. The van der Waals surface area contributed by atoms with Crippen molar-refractivity contribution in [1.82, 2.24) is 4.90 Å². The van der Waals surface area contributed by atoms with Crippen LogP contribution in [0.5, 0.6) is 11.5 Å². The van der Waals surface area contributed by atoms with Crippen LogP contribution in [-0.2, 0) is 27.3 Å². The first-order valence-corrected chi connectivity index (χ1v) is 9.25. The molecule has 0 aliphatic carbocycles. The largest absolute Gasteiger partial charge is 0.497 e. The smallest absolute Gasteiger partial charge is 0.307 e. The summed E-state index contributed by atoms with van der Waals surface area (Å²) in [5.74, 6) is 1.14. The van der Waals surface area contributed by atoms with Crippen molar-refractivity contribution in [3.05, 3.63) is 59.7 Å². The first-order valence-electron chi connectivity index (χ1n) is 9.25. The molecule has 0 fully saturated rings. The zero-order chi connectivity index (χ0) is 20.4. The molecule has 0 bridgehead atoms. The molecule has 2 rings (SSSR count). The summed E-state index contributed by atoms with van der Waals surface area (Å²) in [6.07, 6.45) is 0.418. The number of esters is 1. The van der Waals surface area contributed by atoms with Gasteiger partial charge in [0.25, 0.3) is 0 Å². The number of carbonyl (C=O) groups excluding carboxylic acids is 2. The van der Waals surface area contributed by atoms with E-state index in [1.54, 1.807) is 26.0 Å². The number of amides is 1. The Bertz CT molecular complexity index is 756. The van der Waals surface area contributed by atoms with Crippen LogP contribution in [0.25, 0.3) is 0 Å². The van der Waals surface area contributed by atoms with Gasteiger partial charge in [0.1, 0.15) is 11.5 Å². The van der Waals surface area contributed by atoms with E-state index in [-0.39, 0.29) is 24.7 Å². The summed E-state index contributed by atoms with van der Waals surface area (Å²) >= 11 is 0. The second-order valence-electron chi connectivity index (χ2n) is 6.24. The van der Waals surface area contributed by atoms with Crippen LogP contribution in [0.4, 0.5) is 0 Å². The second-order valence-corrected chi connectivity index (χ2v) is 6.24. The van der Waals surface area contributed by atoms with Crippen molar-refractivity contribution in [3.63, 3.8) is 0 Å². The SMILES string of the molecule is CCOC(=O)CCN(Cc1ccc(OC)cc1)C(=O)Cc1ccc(OC)cc1. The number of ether oxygens (including phenoxy) is 3. The highest BCUT2D eigenvalue weighted by Crippen LogP contribution is 2.16. The summed E-state index contributed by atoms with van der Waals surface area (Å²) in [5, 5.41) is 0. The Morgan fingerprint density at radius 1 is 0.857 bits per heavy atom. The predicted molar refractivity (Wildman–Crippen MR) is 106 cm³/mol. The lowest BCUT2D eigenvalue weighted by Crippen LogP contribution is -2.34. The predicted octanol–water partition coefficient (Wildman–Crippen LogP) is 3.23. The van der Waals surface area contributed by atoms with Gasteiger partial charge in [-0.2, -0.15) is 0 Å². The van der Waals surface area contributed by atoms with Crippen molar-refractivity contribution in [2.45, 2.75) is 26.3 Å². The normalized spacial score (nSPS) is 10.2. The molecule has 0 aliphatic rings. The van der Waals surface area contributed by atoms with Crippen molar-refractivity contribution >= 4 is 11.9 Å². The maximum absolute atomic E-state index is 12.9. The van der Waals surface area contributed by atoms with Crippen LogP contribution in [0, 0.1) is 0 Å². The Morgan fingerprint density at radius 3 is 1.89 bits per heavy atom. The van der Waals surface area contributed by atoms with Gasteiger partial charge in [-0.1, -0.05) is 24.3 Å². The van der Waals surface area contributed by atoms with E-state index in [4.69, 9.17) is 14.2 Å². The average molecular weight is 385 g/mol. The Morgan fingerprint density at radius 2 is 1.39 bits per heavy atom. The minimum absolute atomic E-state index is 0.0507. The minimum atomic E-state index is -0.306. The molecule has 0 atom stereocenters. The molecule has 150 valence electrons. The van der Waals surface area contributed by atoms with E-state index in [9.17, 15) is 9.59 Å². The van der Waals surface area contributed by atoms with Crippen LogP contribution in [0.3, 0.4) is 0 Å². The van der Waals surface area contributed by atoms with E-state index in [2.05, 4.69) is 0 Å². The zero-order valence-electron chi connectivity index (χ0n) is 16.6. The zero-order valence-corrected chi connectivity index (χ0v) is 16.6. The Labute approximate surface area is 166 Å². The van der Waals surface area contributed by atoms with Crippen LogP contribution >= 0.6 is 0 Å². The highest BCUT2D eigenvalue weighted by molar-refractivity contribution is 5.79. The van der Waals surface area contributed by atoms with Crippen LogP contribution in [0.1, 0.15) is 24.5 Å². The molecular formula is C22H27NO5. The van der Waals surface area contributed by atoms with Gasteiger partial charge in [-0.15, -0.1) is 0 Å². The first kappa shape index (κ1) is 21.3. The van der Waals surface area contributed by atoms with Gasteiger partial charge in [-0.05, 0) is 42.3 Å². The van der Waals surface area contributed by atoms with E-state index in [0.717, 1.165) is 22.6 Å². The molecule has 0 unspecified atom stereocenters. The Hall–Kier alpha value is -3.02. The average Bonchev–Trinajstić information content (AvgIpc) is 2.72. The Kier molecular flexibility index (Phi) is 8.34. The van der Waals surface area contributed by atoms with Gasteiger partial charge in [-0.25, -0.2) is 0 Å². The second kappa shape index (κ2) is 11.0. The van der Waals surface area contributed by atoms with Crippen molar-refractivity contribution in [2.75, 3.05) is 27.4 Å². The number of hydrogen-bond donors (Lipinski definition) is 0. The van der Waals surface area contributed by atoms with Crippen molar-refractivity contribution in [1.29, 1.82) is 0 Å². The van der Waals surface area contributed by atoms with Gasteiger partial charge >= 0.3 is 5.97 Å². The first-order chi connectivity index (χ1) is 13.5. The van der Waals surface area contributed by atoms with Crippen LogP contribution in [0.2, 0.25) is 0 Å². The van der Waals surface area contributed by atoms with Crippen molar-refractivity contribution < 1.29 is 23.8 Å². The van der Waals surface area contributed by atoms with Crippen molar-refractivity contribution in [2.24, 2.45) is 0 Å². The summed E-state index contributed by atoms with van der Waals surface area (Å²) in [6.45, 7) is 2.82. The van der Waals surface area contributed by atoms with Gasteiger partial charge in [0.05, 0.1) is 33.7 Å². The van der Waals surface area contributed by atoms with Crippen molar-refractivity contribution in [3.8, 4) is 11.5 Å². The molecule has 6 nitrogen and oxygen atoms in total. The van der Waals surface area contributed by atoms with E-state index >= 15 is 0 Å². The molecule has 6 heteroatoms. The third-order valence-corrected chi connectivity index (χ3v) is 4.29. The molecule has 2 aromatic carbocycles. The molecule has 0 aliphatic heterocycles. The van der Waals surface area contributed by atoms with E-state index < -0.39 is 0 Å². The number of nitrogens with zero attached hydrogens (tertiary/aromatic N) is 1. The van der Waals surface area contributed by atoms with Gasteiger partial charge in [0.15, 0.2) is 0 Å². The lowest BCUT2D eigenvalue weighted by Gasteiger charge is -2.23. The maximum Gasteiger partial charge on any atom is 0.307 e. The molecule has 0 saturated heterocycles.